The minimum absolute atomic E-state index is 0.0343. The highest BCUT2D eigenvalue weighted by Gasteiger charge is 2.74. The van der Waals surface area contributed by atoms with Gasteiger partial charge in [0.2, 0.25) is 6.29 Å². The van der Waals surface area contributed by atoms with Gasteiger partial charge in [-0.1, -0.05) is 6.92 Å². The van der Waals surface area contributed by atoms with Crippen molar-refractivity contribution in [2.24, 2.45) is 39.5 Å². The fourth-order valence-corrected chi connectivity index (χ4v) is 12.3. The molecule has 8 aliphatic rings. The van der Waals surface area contributed by atoms with Gasteiger partial charge in [0.25, 0.3) is 5.79 Å². The van der Waals surface area contributed by atoms with E-state index in [1.54, 1.807) is 0 Å². The minimum Gasteiger partial charge on any atom is -0.458 e. The molecule has 8 rings (SSSR count). The van der Waals surface area contributed by atoms with Crippen LogP contribution in [0.2, 0.25) is 0 Å². The first kappa shape index (κ1) is 28.2. The van der Waals surface area contributed by atoms with Gasteiger partial charge in [0.15, 0.2) is 4.87 Å². The van der Waals surface area contributed by atoms with Gasteiger partial charge in [-0.3, -0.25) is 4.99 Å². The first-order valence-corrected chi connectivity index (χ1v) is 16.6. The van der Waals surface area contributed by atoms with Crippen LogP contribution < -0.4 is 0 Å². The van der Waals surface area contributed by atoms with Gasteiger partial charge in [0.1, 0.15) is 12.9 Å². The topological polar surface area (TPSA) is 144 Å². The van der Waals surface area contributed by atoms with Crippen LogP contribution in [0, 0.1) is 34.5 Å². The number of carbonyl (C=O) groups is 2. The van der Waals surface area contributed by atoms with E-state index in [-0.39, 0.29) is 48.5 Å². The van der Waals surface area contributed by atoms with Crippen molar-refractivity contribution in [3.8, 4) is 0 Å². The van der Waals surface area contributed by atoms with E-state index in [4.69, 9.17) is 23.9 Å². The lowest BCUT2D eigenvalue weighted by molar-refractivity contribution is -0.445. The number of ether oxygens (including phenoxy) is 4. The van der Waals surface area contributed by atoms with E-state index in [9.17, 15) is 24.9 Å². The highest BCUT2D eigenvalue weighted by Crippen LogP contribution is 2.70. The van der Waals surface area contributed by atoms with Crippen LogP contribution in [-0.4, -0.2) is 93.1 Å². The SMILES string of the molecule is CC1CC2(N=CCS2)C2(O)OC3CC4(C=O)C(CCC5C4CCC4(C)C(C6=CC(=O)OC6)CC(O)C54O)CC3OC2O1. The summed E-state index contributed by atoms with van der Waals surface area (Å²) in [5, 5.41) is 36.2. The van der Waals surface area contributed by atoms with E-state index in [2.05, 4.69) is 0 Å². The number of hydrogen-bond acceptors (Lipinski definition) is 11. The lowest BCUT2D eigenvalue weighted by Crippen LogP contribution is -2.73. The van der Waals surface area contributed by atoms with Gasteiger partial charge in [0, 0.05) is 35.3 Å². The molecule has 3 N–H and O–H groups in total. The summed E-state index contributed by atoms with van der Waals surface area (Å²) in [6.45, 7) is 4.21. The highest BCUT2D eigenvalue weighted by molar-refractivity contribution is 8.01. The number of carbonyl (C=O) groups excluding carboxylic acids is 2. The zero-order chi connectivity index (χ0) is 29.3. The Morgan fingerprint density at radius 3 is 2.64 bits per heavy atom. The Kier molecular flexibility index (Phi) is 6.11. The molecule has 11 heteroatoms. The number of esters is 1. The maximum atomic E-state index is 13.3. The zero-order valence-corrected chi connectivity index (χ0v) is 25.0. The average molecular weight is 604 g/mol. The summed E-state index contributed by atoms with van der Waals surface area (Å²) in [5.41, 5.74) is -1.98. The number of aldehydes is 1. The first-order valence-electron chi connectivity index (χ1n) is 15.6. The molecule has 42 heavy (non-hydrogen) atoms. The first-order chi connectivity index (χ1) is 20.0. The third kappa shape index (κ3) is 3.36. The fraction of sp³-hybridized carbons (Fsp3) is 0.839. The highest BCUT2D eigenvalue weighted by atomic mass is 32.2. The van der Waals surface area contributed by atoms with Gasteiger partial charge in [-0.15, -0.1) is 11.8 Å². The number of nitrogens with zero attached hydrogens (tertiary/aromatic N) is 1. The molecule has 4 aliphatic carbocycles. The second kappa shape index (κ2) is 9.11. The number of hydrogen-bond donors (Lipinski definition) is 3. The Labute approximate surface area is 249 Å². The molecule has 0 aromatic carbocycles. The van der Waals surface area contributed by atoms with Crippen molar-refractivity contribution in [1.29, 1.82) is 0 Å². The summed E-state index contributed by atoms with van der Waals surface area (Å²) in [6.07, 6.45) is 6.09. The van der Waals surface area contributed by atoms with Crippen LogP contribution >= 0.6 is 11.8 Å². The molecule has 0 bridgehead atoms. The molecule has 14 atom stereocenters. The van der Waals surface area contributed by atoms with Crippen molar-refractivity contribution in [2.75, 3.05) is 12.4 Å². The monoisotopic (exact) mass is 603 g/mol. The summed E-state index contributed by atoms with van der Waals surface area (Å²) in [4.78, 5) is 29.0. The Morgan fingerprint density at radius 2 is 1.93 bits per heavy atom. The predicted molar refractivity (Wildman–Crippen MR) is 150 cm³/mol. The van der Waals surface area contributed by atoms with Crippen LogP contribution in [0.3, 0.4) is 0 Å². The number of rotatable bonds is 2. The van der Waals surface area contributed by atoms with Crippen molar-refractivity contribution >= 4 is 30.2 Å². The maximum Gasteiger partial charge on any atom is 0.331 e. The van der Waals surface area contributed by atoms with Crippen LogP contribution in [0.1, 0.15) is 65.2 Å². The quantitative estimate of drug-likeness (QED) is 0.244. The third-order valence-electron chi connectivity index (χ3n) is 12.9. The van der Waals surface area contributed by atoms with E-state index in [1.807, 2.05) is 20.1 Å². The maximum absolute atomic E-state index is 13.3. The molecule has 0 aromatic heterocycles. The van der Waals surface area contributed by atoms with Gasteiger partial charge in [-0.05, 0) is 81.1 Å². The molecule has 6 fully saturated rings. The van der Waals surface area contributed by atoms with E-state index >= 15 is 0 Å². The molecule has 230 valence electrons. The van der Waals surface area contributed by atoms with Crippen LogP contribution in [-0.2, 0) is 28.5 Å². The molecule has 2 saturated heterocycles. The summed E-state index contributed by atoms with van der Waals surface area (Å²) in [7, 11) is 0. The van der Waals surface area contributed by atoms with E-state index in [0.717, 1.165) is 24.7 Å². The fourth-order valence-electron chi connectivity index (χ4n) is 11.0. The zero-order valence-electron chi connectivity index (χ0n) is 24.1. The Bertz CT molecular complexity index is 1260. The average Bonchev–Trinajstić information content (AvgIpc) is 3.66. The molecular formula is C31H41NO9S. The number of aliphatic hydroxyl groups excluding tert-OH is 1. The molecule has 0 radical (unpaired) electrons. The number of aliphatic hydroxyl groups is 3. The standard InChI is InChI=1S/C31H41NO9S/c1-16-12-29(32-7-8-42-29)31(37)26(39-16)40-22-10-18-3-4-20-19(28(18,15-33)13-23(22)41-31)5-6-27(2)21(11-24(34)30(20,27)36)17-9-25(35)38-14-17/h7,9,15-16,18-24,26,34,36-37H,3-6,8,10-14H2,1-2H3. The third-order valence-corrected chi connectivity index (χ3v) is 14.3. The van der Waals surface area contributed by atoms with Gasteiger partial charge < -0.3 is 39.1 Å². The lowest BCUT2D eigenvalue weighted by Gasteiger charge is -2.65. The number of aliphatic imine (C=N–C) groups is 1. The van der Waals surface area contributed by atoms with Crippen molar-refractivity contribution in [3.05, 3.63) is 11.6 Å². The van der Waals surface area contributed by atoms with Gasteiger partial charge >= 0.3 is 5.97 Å². The van der Waals surface area contributed by atoms with Crippen LogP contribution in [0.5, 0.6) is 0 Å². The Hall–Kier alpha value is -1.34. The van der Waals surface area contributed by atoms with Gasteiger partial charge in [0.05, 0.1) is 30.0 Å². The Balaban J connectivity index is 1.12. The van der Waals surface area contributed by atoms with Crippen LogP contribution in [0.25, 0.3) is 0 Å². The second-order valence-corrected chi connectivity index (χ2v) is 15.8. The van der Waals surface area contributed by atoms with Gasteiger partial charge in [-0.2, -0.15) is 0 Å². The van der Waals surface area contributed by atoms with Crippen LogP contribution in [0.15, 0.2) is 16.6 Å². The number of cyclic esters (lactones) is 1. The van der Waals surface area contributed by atoms with Gasteiger partial charge in [-0.25, -0.2) is 4.79 Å². The summed E-state index contributed by atoms with van der Waals surface area (Å²) < 4.78 is 24.4. The van der Waals surface area contributed by atoms with E-state index in [1.165, 1.54) is 17.8 Å². The summed E-state index contributed by atoms with van der Waals surface area (Å²) in [5.74, 6) is -2.05. The molecular weight excluding hydrogens is 562 g/mol. The lowest BCUT2D eigenvalue weighted by atomic mass is 9.42. The number of thioether (sulfide) groups is 1. The van der Waals surface area contributed by atoms with Crippen molar-refractivity contribution in [1.82, 2.24) is 0 Å². The molecule has 1 spiro atoms. The molecule has 4 aliphatic heterocycles. The van der Waals surface area contributed by atoms with Crippen molar-refractivity contribution in [2.45, 2.75) is 112 Å². The van der Waals surface area contributed by atoms with Crippen LogP contribution in [0.4, 0.5) is 0 Å². The normalized spacial score (nSPS) is 57.9. The smallest absolute Gasteiger partial charge is 0.331 e. The van der Waals surface area contributed by atoms with E-state index in [0.29, 0.717) is 44.3 Å². The molecule has 4 heterocycles. The molecule has 0 aromatic rings. The van der Waals surface area contributed by atoms with E-state index < -0.39 is 45.6 Å². The summed E-state index contributed by atoms with van der Waals surface area (Å²) >= 11 is 1.54. The Morgan fingerprint density at radius 1 is 1.10 bits per heavy atom. The molecule has 10 nitrogen and oxygen atoms in total. The largest absolute Gasteiger partial charge is 0.458 e. The minimum atomic E-state index is -1.78. The van der Waals surface area contributed by atoms with Crippen molar-refractivity contribution in [3.63, 3.8) is 0 Å². The molecule has 14 unspecified atom stereocenters. The van der Waals surface area contributed by atoms with Crippen molar-refractivity contribution < 1.29 is 43.9 Å². The second-order valence-electron chi connectivity index (χ2n) is 14.5. The number of fused-ring (bicyclic) bond motifs is 8. The molecule has 0 amide bonds. The predicted octanol–water partition coefficient (Wildman–Crippen LogP) is 2.12. The molecule has 4 saturated carbocycles. The summed E-state index contributed by atoms with van der Waals surface area (Å²) in [6, 6.07) is 0.